The van der Waals surface area contributed by atoms with Gasteiger partial charge in [0.2, 0.25) is 11.8 Å². The number of carbonyl (C=O) groups is 4. The number of anilines is 2. The maximum absolute atomic E-state index is 15.2. The highest BCUT2D eigenvalue weighted by atomic mass is 19.1. The Bertz CT molecular complexity index is 1520. The summed E-state index contributed by atoms with van der Waals surface area (Å²) in [5.41, 5.74) is 0.242. The molecular formula is C29H30F2N4O9. The molecule has 0 saturated carbocycles. The zero-order valence-electron chi connectivity index (χ0n) is 23.4. The van der Waals surface area contributed by atoms with E-state index >= 15 is 8.78 Å². The molecule has 0 spiro atoms. The zero-order valence-corrected chi connectivity index (χ0v) is 23.4. The molecule has 2 saturated heterocycles. The van der Waals surface area contributed by atoms with Crippen molar-refractivity contribution in [3.8, 4) is 11.1 Å². The van der Waals surface area contributed by atoms with E-state index in [1.54, 1.807) is 0 Å². The summed E-state index contributed by atoms with van der Waals surface area (Å²) in [6, 6.07) is 7.61. The second kappa shape index (κ2) is 12.6. The van der Waals surface area contributed by atoms with Crippen LogP contribution in [0.2, 0.25) is 0 Å². The van der Waals surface area contributed by atoms with Gasteiger partial charge in [-0.25, -0.2) is 18.4 Å². The van der Waals surface area contributed by atoms with Crippen molar-refractivity contribution in [3.63, 3.8) is 0 Å². The number of halogens is 2. The summed E-state index contributed by atoms with van der Waals surface area (Å²) in [5, 5.41) is 34.3. The van der Waals surface area contributed by atoms with Crippen LogP contribution in [0.15, 0.2) is 48.0 Å². The van der Waals surface area contributed by atoms with Gasteiger partial charge in [0, 0.05) is 30.0 Å². The minimum Gasteiger partial charge on any atom is -0.442 e. The standard InChI is InChI=1S/C29H30F2N4O9/c1-14(36)32-10-18-12-34(28(41)43-18)16-2-4-20(22(30)8-16)21-5-3-17(9-23(21)31)35-13-19(44-29(35)42)11-33-27(40)15-6-24(37)26(39)25(38)7-15/h2-6,8-9,18-19,24-26,37-39H,7,10-13H2,1H3,(H,32,36)(H,33,40)/t18-,19-,24+,25+,26+/m0/s1. The molecule has 5 N–H and O–H groups in total. The van der Waals surface area contributed by atoms with Gasteiger partial charge in [0.15, 0.2) is 0 Å². The molecule has 0 unspecified atom stereocenters. The van der Waals surface area contributed by atoms with Gasteiger partial charge in [-0.3, -0.25) is 19.4 Å². The molecule has 0 aromatic heterocycles. The third-order valence-corrected chi connectivity index (χ3v) is 7.47. The Morgan fingerprint density at radius 3 is 1.82 bits per heavy atom. The lowest BCUT2D eigenvalue weighted by atomic mass is 9.92. The number of nitrogens with zero attached hydrogens (tertiary/aromatic N) is 2. The fourth-order valence-electron chi connectivity index (χ4n) is 5.15. The molecule has 2 aromatic carbocycles. The Kier molecular flexibility index (Phi) is 8.80. The van der Waals surface area contributed by atoms with Crippen LogP contribution in [0.3, 0.4) is 0 Å². The smallest absolute Gasteiger partial charge is 0.414 e. The van der Waals surface area contributed by atoms with Gasteiger partial charge in [-0.1, -0.05) is 0 Å². The first-order valence-corrected chi connectivity index (χ1v) is 13.7. The third kappa shape index (κ3) is 6.49. The average molecular weight is 617 g/mol. The van der Waals surface area contributed by atoms with E-state index in [9.17, 15) is 34.5 Å². The number of aliphatic hydroxyl groups is 3. The predicted molar refractivity (Wildman–Crippen MR) is 149 cm³/mol. The van der Waals surface area contributed by atoms with Crippen molar-refractivity contribution < 1.29 is 52.8 Å². The van der Waals surface area contributed by atoms with Crippen molar-refractivity contribution >= 4 is 35.4 Å². The Balaban J connectivity index is 1.21. The molecule has 2 fully saturated rings. The summed E-state index contributed by atoms with van der Waals surface area (Å²) in [5.74, 6) is -2.52. The van der Waals surface area contributed by atoms with Gasteiger partial charge in [0.25, 0.3) is 0 Å². The second-order valence-corrected chi connectivity index (χ2v) is 10.7. The first-order chi connectivity index (χ1) is 20.9. The quantitative estimate of drug-likeness (QED) is 0.289. The Labute approximate surface area is 249 Å². The lowest BCUT2D eigenvalue weighted by Crippen LogP contribution is -2.43. The molecule has 3 aliphatic rings. The van der Waals surface area contributed by atoms with Crippen LogP contribution in [0, 0.1) is 11.6 Å². The van der Waals surface area contributed by atoms with Gasteiger partial charge in [-0.15, -0.1) is 0 Å². The van der Waals surface area contributed by atoms with Crippen LogP contribution < -0.4 is 20.4 Å². The van der Waals surface area contributed by atoms with Crippen LogP contribution in [0.25, 0.3) is 11.1 Å². The third-order valence-electron chi connectivity index (χ3n) is 7.47. The lowest BCUT2D eigenvalue weighted by Gasteiger charge is -2.27. The summed E-state index contributed by atoms with van der Waals surface area (Å²) in [7, 11) is 0. The lowest BCUT2D eigenvalue weighted by molar-refractivity contribution is -0.120. The second-order valence-electron chi connectivity index (χ2n) is 10.7. The number of amides is 4. The summed E-state index contributed by atoms with van der Waals surface area (Å²) in [6.45, 7) is 1.39. The average Bonchev–Trinajstić information content (AvgIpc) is 3.54. The van der Waals surface area contributed by atoms with Gasteiger partial charge >= 0.3 is 12.2 Å². The van der Waals surface area contributed by atoms with Crippen molar-refractivity contribution in [2.45, 2.75) is 43.9 Å². The van der Waals surface area contributed by atoms with Gasteiger partial charge in [-0.05, 0) is 42.5 Å². The molecule has 13 nitrogen and oxygen atoms in total. The van der Waals surface area contributed by atoms with Crippen LogP contribution in [-0.4, -0.2) is 96.0 Å². The molecule has 2 aliphatic heterocycles. The molecular weight excluding hydrogens is 586 g/mol. The summed E-state index contributed by atoms with van der Waals surface area (Å²) >= 11 is 0. The zero-order chi connectivity index (χ0) is 31.7. The number of cyclic esters (lactones) is 2. The van der Waals surface area contributed by atoms with E-state index in [-0.39, 0.29) is 66.6 Å². The summed E-state index contributed by atoms with van der Waals surface area (Å²) in [4.78, 5) is 50.7. The number of benzene rings is 2. The van der Waals surface area contributed by atoms with Crippen LogP contribution >= 0.6 is 0 Å². The number of nitrogens with one attached hydrogen (secondary N) is 2. The maximum atomic E-state index is 15.2. The molecule has 4 amide bonds. The number of rotatable bonds is 8. The van der Waals surface area contributed by atoms with E-state index in [1.807, 2.05) is 0 Å². The first-order valence-electron chi connectivity index (χ1n) is 13.7. The molecule has 5 rings (SSSR count). The minimum atomic E-state index is -1.40. The van der Waals surface area contributed by atoms with Crippen LogP contribution in [0.1, 0.15) is 13.3 Å². The Morgan fingerprint density at radius 1 is 0.864 bits per heavy atom. The molecule has 44 heavy (non-hydrogen) atoms. The topological polar surface area (TPSA) is 178 Å². The molecule has 234 valence electrons. The highest BCUT2D eigenvalue weighted by Gasteiger charge is 2.36. The number of ether oxygens (including phenoxy) is 2. The molecule has 2 aromatic rings. The number of carbonyl (C=O) groups excluding carboxylic acids is 4. The highest BCUT2D eigenvalue weighted by molar-refractivity contribution is 5.94. The molecule has 5 atom stereocenters. The highest BCUT2D eigenvalue weighted by Crippen LogP contribution is 2.33. The van der Waals surface area contributed by atoms with Crippen LogP contribution in [0.5, 0.6) is 0 Å². The van der Waals surface area contributed by atoms with Crippen molar-refractivity contribution in [1.82, 2.24) is 10.6 Å². The van der Waals surface area contributed by atoms with Gasteiger partial charge in [-0.2, -0.15) is 0 Å². The predicted octanol–water partition coefficient (Wildman–Crippen LogP) is 0.947. The first kappa shape index (κ1) is 30.8. The molecule has 0 bridgehead atoms. The van der Waals surface area contributed by atoms with E-state index in [2.05, 4.69) is 10.6 Å². The van der Waals surface area contributed by atoms with Gasteiger partial charge in [0.1, 0.15) is 36.1 Å². The monoisotopic (exact) mass is 616 g/mol. The van der Waals surface area contributed by atoms with Crippen LogP contribution in [-0.2, 0) is 19.1 Å². The van der Waals surface area contributed by atoms with Crippen molar-refractivity contribution in [2.24, 2.45) is 0 Å². The van der Waals surface area contributed by atoms with Gasteiger partial charge < -0.3 is 35.4 Å². The van der Waals surface area contributed by atoms with Gasteiger partial charge in [0.05, 0.1) is 43.7 Å². The number of hydrogen-bond acceptors (Lipinski definition) is 9. The normalized spacial score (nSPS) is 25.0. The number of aliphatic hydroxyl groups excluding tert-OH is 3. The van der Waals surface area contributed by atoms with Crippen molar-refractivity contribution in [2.75, 3.05) is 36.0 Å². The van der Waals surface area contributed by atoms with Crippen molar-refractivity contribution in [3.05, 3.63) is 59.7 Å². The largest absolute Gasteiger partial charge is 0.442 e. The SMILES string of the molecule is CC(=O)NC[C@H]1CN(c2ccc(-c3ccc(N4C[C@H](CNC(=O)C5=C[C@@H](O)[C@@H](O)[C@H](O)C5)OC4=O)cc3F)c(F)c2)C(=O)O1. The van der Waals surface area contributed by atoms with E-state index in [0.29, 0.717) is 0 Å². The van der Waals surface area contributed by atoms with E-state index in [0.717, 1.165) is 23.1 Å². The fraction of sp³-hybridized carbons (Fsp3) is 0.379. The molecule has 1 aliphatic carbocycles. The molecule has 0 radical (unpaired) electrons. The van der Waals surface area contributed by atoms with Crippen LogP contribution in [0.4, 0.5) is 29.7 Å². The van der Waals surface area contributed by atoms with E-state index in [1.165, 1.54) is 36.1 Å². The Hall–Kier alpha value is -4.60. The summed E-state index contributed by atoms with van der Waals surface area (Å²) < 4.78 is 40.8. The minimum absolute atomic E-state index is 0.0289. The van der Waals surface area contributed by atoms with Crippen molar-refractivity contribution in [1.29, 1.82) is 0 Å². The fourth-order valence-corrected chi connectivity index (χ4v) is 5.15. The maximum Gasteiger partial charge on any atom is 0.414 e. The number of hydrogen-bond donors (Lipinski definition) is 5. The Morgan fingerprint density at radius 2 is 1.36 bits per heavy atom. The molecule has 15 heteroatoms. The van der Waals surface area contributed by atoms with E-state index in [4.69, 9.17) is 9.47 Å². The van der Waals surface area contributed by atoms with E-state index < -0.39 is 60.2 Å². The molecule has 2 heterocycles. The summed E-state index contributed by atoms with van der Waals surface area (Å²) in [6.07, 6.45) is -6.02.